The average molecular weight is 257 g/mol. The highest BCUT2D eigenvalue weighted by Crippen LogP contribution is 2.17. The third-order valence-electron chi connectivity index (χ3n) is 2.77. The quantitative estimate of drug-likeness (QED) is 0.784. The third-order valence-corrected chi connectivity index (χ3v) is 4.65. The van der Waals surface area contributed by atoms with Gasteiger partial charge in [0.25, 0.3) is 0 Å². The lowest BCUT2D eigenvalue weighted by molar-refractivity contribution is 0.301. The van der Waals surface area contributed by atoms with Crippen molar-refractivity contribution in [3.8, 4) is 0 Å². The van der Waals surface area contributed by atoms with Gasteiger partial charge >= 0.3 is 0 Å². The van der Waals surface area contributed by atoms with Crippen molar-refractivity contribution in [2.45, 2.75) is 6.54 Å². The molecule has 1 aromatic heterocycles. The first-order chi connectivity index (χ1) is 7.86. The Morgan fingerprint density at radius 1 is 1.38 bits per heavy atom. The van der Waals surface area contributed by atoms with E-state index >= 15 is 0 Å². The van der Waals surface area contributed by atoms with Crippen LogP contribution in [-0.4, -0.2) is 42.6 Å². The molecule has 0 radical (unpaired) electrons. The fourth-order valence-corrected chi connectivity index (χ4v) is 3.51. The number of hydrogen-bond acceptors (Lipinski definition) is 5. The van der Waals surface area contributed by atoms with Crippen LogP contribution in [0.2, 0.25) is 0 Å². The lowest BCUT2D eigenvalue weighted by Crippen LogP contribution is -2.37. The molecule has 2 rings (SSSR count). The minimum Gasteiger partial charge on any atom is -0.398 e. The molecule has 1 saturated heterocycles. The van der Waals surface area contributed by atoms with Crippen molar-refractivity contribution in [1.82, 2.24) is 10.2 Å². The van der Waals surface area contributed by atoms with Crippen LogP contribution in [0.5, 0.6) is 0 Å². The number of hydrogen-bond donors (Lipinski definition) is 2. The highest BCUT2D eigenvalue weighted by Gasteiger charge is 2.09. The zero-order chi connectivity index (χ0) is 11.2. The van der Waals surface area contributed by atoms with Gasteiger partial charge in [-0.1, -0.05) is 0 Å². The molecule has 1 aliphatic rings. The summed E-state index contributed by atoms with van der Waals surface area (Å²) in [5, 5.41) is 5.51. The first-order valence-corrected chi connectivity index (χ1v) is 7.72. The summed E-state index contributed by atoms with van der Waals surface area (Å²) < 4.78 is 0. The van der Waals surface area contributed by atoms with Gasteiger partial charge in [0.15, 0.2) is 0 Å². The molecule has 0 unspecified atom stereocenters. The van der Waals surface area contributed by atoms with Gasteiger partial charge in [-0.25, -0.2) is 0 Å². The first-order valence-electron chi connectivity index (χ1n) is 5.69. The number of thiophene rings is 1. The Morgan fingerprint density at radius 2 is 2.19 bits per heavy atom. The Kier molecular flexibility index (Phi) is 4.96. The number of nitrogens with one attached hydrogen (secondary N) is 1. The zero-order valence-electron chi connectivity index (χ0n) is 9.45. The Balaban J connectivity index is 1.59. The van der Waals surface area contributed by atoms with Crippen LogP contribution in [0.25, 0.3) is 0 Å². The molecule has 0 bridgehead atoms. The summed E-state index contributed by atoms with van der Waals surface area (Å²) in [7, 11) is 0. The van der Waals surface area contributed by atoms with Crippen LogP contribution in [0.15, 0.2) is 11.4 Å². The number of nitrogen functional groups attached to an aromatic ring is 1. The van der Waals surface area contributed by atoms with E-state index in [0.717, 1.165) is 25.3 Å². The topological polar surface area (TPSA) is 41.3 Å². The minimum absolute atomic E-state index is 0.909. The molecule has 1 fully saturated rings. The standard InChI is InChI=1S/C11H19N3S2/c12-10-1-6-16-11(10)9-13-2-3-14-4-7-15-8-5-14/h1,6,13H,2-5,7-9,12H2. The molecule has 0 amide bonds. The predicted molar refractivity (Wildman–Crippen MR) is 74.2 cm³/mol. The molecule has 1 aromatic rings. The summed E-state index contributed by atoms with van der Waals surface area (Å²) in [6.07, 6.45) is 0. The second kappa shape index (κ2) is 6.49. The fourth-order valence-electron chi connectivity index (χ4n) is 1.76. The summed E-state index contributed by atoms with van der Waals surface area (Å²) in [6, 6.07) is 1.98. The van der Waals surface area contributed by atoms with Crippen LogP contribution < -0.4 is 11.1 Å². The van der Waals surface area contributed by atoms with E-state index in [4.69, 9.17) is 5.73 Å². The molecule has 3 nitrogen and oxygen atoms in total. The average Bonchev–Trinajstić information content (AvgIpc) is 2.72. The summed E-state index contributed by atoms with van der Waals surface area (Å²) in [4.78, 5) is 3.79. The SMILES string of the molecule is Nc1ccsc1CNCCN1CCSCC1. The molecule has 1 aliphatic heterocycles. The van der Waals surface area contributed by atoms with Crippen molar-refractivity contribution >= 4 is 28.8 Å². The molecule has 3 N–H and O–H groups in total. The van der Waals surface area contributed by atoms with Gasteiger partial charge in [-0.15, -0.1) is 11.3 Å². The van der Waals surface area contributed by atoms with Crippen molar-refractivity contribution in [3.05, 3.63) is 16.3 Å². The van der Waals surface area contributed by atoms with Gasteiger partial charge in [-0.05, 0) is 11.4 Å². The molecule has 16 heavy (non-hydrogen) atoms. The van der Waals surface area contributed by atoms with Crippen LogP contribution in [0.1, 0.15) is 4.88 Å². The largest absolute Gasteiger partial charge is 0.398 e. The van der Waals surface area contributed by atoms with Gasteiger partial charge in [0.05, 0.1) is 0 Å². The van der Waals surface area contributed by atoms with Crippen LogP contribution in [0, 0.1) is 0 Å². The highest BCUT2D eigenvalue weighted by atomic mass is 32.2. The van der Waals surface area contributed by atoms with Crippen LogP contribution in [0.4, 0.5) is 5.69 Å². The number of nitrogens with zero attached hydrogens (tertiary/aromatic N) is 1. The smallest absolute Gasteiger partial charge is 0.0468 e. The Morgan fingerprint density at radius 3 is 2.88 bits per heavy atom. The molecule has 0 saturated carbocycles. The van der Waals surface area contributed by atoms with E-state index in [1.807, 2.05) is 11.4 Å². The van der Waals surface area contributed by atoms with E-state index in [1.165, 1.54) is 29.5 Å². The highest BCUT2D eigenvalue weighted by molar-refractivity contribution is 7.99. The van der Waals surface area contributed by atoms with E-state index in [9.17, 15) is 0 Å². The van der Waals surface area contributed by atoms with Gasteiger partial charge in [0.1, 0.15) is 0 Å². The maximum Gasteiger partial charge on any atom is 0.0468 e. The maximum atomic E-state index is 5.82. The second-order valence-electron chi connectivity index (χ2n) is 3.93. The molecule has 90 valence electrons. The monoisotopic (exact) mass is 257 g/mol. The first kappa shape index (κ1) is 12.2. The van der Waals surface area contributed by atoms with Crippen molar-refractivity contribution in [1.29, 1.82) is 0 Å². The van der Waals surface area contributed by atoms with Crippen LogP contribution >= 0.6 is 23.1 Å². The molecule has 0 aromatic carbocycles. The normalized spacial score (nSPS) is 17.8. The van der Waals surface area contributed by atoms with Crippen molar-refractivity contribution in [3.63, 3.8) is 0 Å². The zero-order valence-corrected chi connectivity index (χ0v) is 11.1. The number of thioether (sulfide) groups is 1. The minimum atomic E-state index is 0.909. The lowest BCUT2D eigenvalue weighted by atomic mass is 10.4. The molecule has 0 atom stereocenters. The number of anilines is 1. The summed E-state index contributed by atoms with van der Waals surface area (Å²) in [6.45, 7) is 5.61. The Labute approximate surface area is 105 Å². The van der Waals surface area contributed by atoms with E-state index in [-0.39, 0.29) is 0 Å². The van der Waals surface area contributed by atoms with E-state index in [1.54, 1.807) is 11.3 Å². The Bertz CT molecular complexity index is 308. The molecule has 5 heteroatoms. The van der Waals surface area contributed by atoms with E-state index in [2.05, 4.69) is 22.0 Å². The summed E-state index contributed by atoms with van der Waals surface area (Å²) >= 11 is 3.79. The maximum absolute atomic E-state index is 5.82. The van der Waals surface area contributed by atoms with Crippen LogP contribution in [0.3, 0.4) is 0 Å². The third kappa shape index (κ3) is 3.66. The van der Waals surface area contributed by atoms with Crippen molar-refractivity contribution in [2.24, 2.45) is 0 Å². The molecular formula is C11H19N3S2. The van der Waals surface area contributed by atoms with Crippen molar-refractivity contribution < 1.29 is 0 Å². The lowest BCUT2D eigenvalue weighted by Gasteiger charge is -2.26. The number of nitrogens with two attached hydrogens (primary N) is 1. The fraction of sp³-hybridized carbons (Fsp3) is 0.636. The molecule has 0 spiro atoms. The van der Waals surface area contributed by atoms with Crippen molar-refractivity contribution in [2.75, 3.05) is 43.4 Å². The summed E-state index contributed by atoms with van der Waals surface area (Å²) in [5.74, 6) is 2.58. The molecular weight excluding hydrogens is 238 g/mol. The van der Waals surface area contributed by atoms with Gasteiger partial charge < -0.3 is 16.0 Å². The van der Waals surface area contributed by atoms with Gasteiger partial charge in [0.2, 0.25) is 0 Å². The van der Waals surface area contributed by atoms with Gasteiger partial charge in [-0.3, -0.25) is 0 Å². The summed E-state index contributed by atoms with van der Waals surface area (Å²) in [5.41, 5.74) is 6.75. The molecule has 0 aliphatic carbocycles. The van der Waals surface area contributed by atoms with Crippen LogP contribution in [-0.2, 0) is 6.54 Å². The van der Waals surface area contributed by atoms with Gasteiger partial charge in [-0.2, -0.15) is 11.8 Å². The predicted octanol–water partition coefficient (Wildman–Crippen LogP) is 1.47. The van der Waals surface area contributed by atoms with Gasteiger partial charge in [0, 0.05) is 54.8 Å². The number of rotatable bonds is 5. The Hall–Kier alpha value is -0.230. The van der Waals surface area contributed by atoms with E-state index < -0.39 is 0 Å². The molecule has 2 heterocycles. The van der Waals surface area contributed by atoms with E-state index in [0.29, 0.717) is 0 Å². The second-order valence-corrected chi connectivity index (χ2v) is 6.16.